The van der Waals surface area contributed by atoms with Crippen LogP contribution in [0.5, 0.6) is 0 Å². The number of ketones is 1. The smallest absolute Gasteiger partial charge is 0.253 e. The van der Waals surface area contributed by atoms with Gasteiger partial charge in [0.1, 0.15) is 0 Å². The topological polar surface area (TPSA) is 46.2 Å². The molecule has 0 bridgehead atoms. The first kappa shape index (κ1) is 13.7. The third-order valence-corrected chi connectivity index (χ3v) is 3.94. The van der Waals surface area contributed by atoms with Crippen molar-refractivity contribution in [1.82, 2.24) is 5.32 Å². The van der Waals surface area contributed by atoms with Gasteiger partial charge in [-0.1, -0.05) is 39.0 Å². The van der Waals surface area contributed by atoms with E-state index in [1.54, 1.807) is 0 Å². The van der Waals surface area contributed by atoms with Crippen LogP contribution in [0.25, 0.3) is 10.1 Å². The summed E-state index contributed by atoms with van der Waals surface area (Å²) in [7, 11) is 0. The number of benzene rings is 1. The van der Waals surface area contributed by atoms with Gasteiger partial charge in [0.2, 0.25) is 0 Å². The van der Waals surface area contributed by atoms with E-state index >= 15 is 0 Å². The van der Waals surface area contributed by atoms with Crippen LogP contribution in [0, 0.1) is 5.41 Å². The molecule has 2 aromatic rings. The summed E-state index contributed by atoms with van der Waals surface area (Å²) in [5.41, 5.74) is 0.214. The van der Waals surface area contributed by atoms with E-state index in [0.717, 1.165) is 10.1 Å². The van der Waals surface area contributed by atoms with Crippen LogP contribution in [0.4, 0.5) is 0 Å². The van der Waals surface area contributed by atoms with Gasteiger partial charge < -0.3 is 5.32 Å². The Labute approximate surface area is 116 Å². The second-order valence-corrected chi connectivity index (χ2v) is 6.41. The summed E-state index contributed by atoms with van der Waals surface area (Å²) >= 11 is 1.54. The maximum atomic E-state index is 12.1. The monoisotopic (exact) mass is 275 g/mol. The van der Waals surface area contributed by atoms with Crippen molar-refractivity contribution in [2.45, 2.75) is 20.8 Å². The molecule has 0 radical (unpaired) electrons. The van der Waals surface area contributed by atoms with Crippen LogP contribution in [-0.4, -0.2) is 18.2 Å². The minimum Gasteiger partial charge on any atom is -0.345 e. The van der Waals surface area contributed by atoms with Crippen LogP contribution < -0.4 is 5.32 Å². The third-order valence-electron chi connectivity index (χ3n) is 2.97. The van der Waals surface area contributed by atoms with E-state index in [1.165, 1.54) is 11.3 Å². The molecule has 0 atom stereocenters. The summed E-state index contributed by atoms with van der Waals surface area (Å²) < 4.78 is 1.08. The summed E-state index contributed by atoms with van der Waals surface area (Å²) in [6.45, 7) is 5.62. The zero-order valence-corrected chi connectivity index (χ0v) is 12.1. The van der Waals surface area contributed by atoms with Crippen molar-refractivity contribution >= 4 is 33.1 Å². The van der Waals surface area contributed by atoms with Crippen molar-refractivity contribution in [2.75, 3.05) is 6.54 Å². The first-order chi connectivity index (χ1) is 8.89. The molecule has 19 heavy (non-hydrogen) atoms. The van der Waals surface area contributed by atoms with Crippen molar-refractivity contribution in [3.05, 3.63) is 35.2 Å². The van der Waals surface area contributed by atoms with Crippen molar-refractivity contribution < 1.29 is 9.59 Å². The molecule has 0 unspecified atom stereocenters. The SMILES string of the molecule is CC(C)(C)C(=O)CNC(=O)c1csc2ccccc12. The molecule has 0 spiro atoms. The molecule has 0 aliphatic rings. The Morgan fingerprint density at radius 3 is 2.58 bits per heavy atom. The summed E-state index contributed by atoms with van der Waals surface area (Å²) in [6.07, 6.45) is 0. The van der Waals surface area contributed by atoms with Crippen LogP contribution in [0.2, 0.25) is 0 Å². The molecule has 1 N–H and O–H groups in total. The van der Waals surface area contributed by atoms with Gasteiger partial charge in [-0.15, -0.1) is 11.3 Å². The fraction of sp³-hybridized carbons (Fsp3) is 0.333. The minimum absolute atomic E-state index is 0.0281. The number of fused-ring (bicyclic) bond motifs is 1. The van der Waals surface area contributed by atoms with E-state index in [9.17, 15) is 9.59 Å². The molecule has 1 aromatic carbocycles. The molecule has 1 heterocycles. The fourth-order valence-electron chi connectivity index (χ4n) is 1.67. The van der Waals surface area contributed by atoms with Gasteiger partial charge in [-0.2, -0.15) is 0 Å². The number of carbonyl (C=O) groups is 2. The largest absolute Gasteiger partial charge is 0.345 e. The second kappa shape index (κ2) is 5.13. The zero-order chi connectivity index (χ0) is 14.0. The number of nitrogens with one attached hydrogen (secondary N) is 1. The number of hydrogen-bond donors (Lipinski definition) is 1. The lowest BCUT2D eigenvalue weighted by Crippen LogP contribution is -2.35. The molecule has 1 aromatic heterocycles. The summed E-state index contributed by atoms with van der Waals surface area (Å²) in [5.74, 6) is -0.157. The van der Waals surface area contributed by atoms with Gasteiger partial charge in [0.25, 0.3) is 5.91 Å². The normalized spacial score (nSPS) is 11.5. The predicted octanol–water partition coefficient (Wildman–Crippen LogP) is 3.25. The predicted molar refractivity (Wildman–Crippen MR) is 78.6 cm³/mol. The van der Waals surface area contributed by atoms with Gasteiger partial charge in [0, 0.05) is 20.9 Å². The molecule has 0 fully saturated rings. The number of thiophene rings is 1. The summed E-state index contributed by atoms with van der Waals surface area (Å²) in [4.78, 5) is 23.9. The first-order valence-corrected chi connectivity index (χ1v) is 7.05. The van der Waals surface area contributed by atoms with E-state index in [-0.39, 0.29) is 18.2 Å². The second-order valence-electron chi connectivity index (χ2n) is 5.50. The summed E-state index contributed by atoms with van der Waals surface area (Å²) in [5, 5.41) is 5.47. The van der Waals surface area contributed by atoms with E-state index in [4.69, 9.17) is 0 Å². The lowest BCUT2D eigenvalue weighted by Gasteiger charge is -2.16. The highest BCUT2D eigenvalue weighted by atomic mass is 32.1. The van der Waals surface area contributed by atoms with Crippen molar-refractivity contribution in [3.63, 3.8) is 0 Å². The van der Waals surface area contributed by atoms with Gasteiger partial charge in [-0.3, -0.25) is 9.59 Å². The zero-order valence-electron chi connectivity index (χ0n) is 11.3. The van der Waals surface area contributed by atoms with Crippen molar-refractivity contribution in [3.8, 4) is 0 Å². The van der Waals surface area contributed by atoms with Gasteiger partial charge in [0.15, 0.2) is 5.78 Å². The van der Waals surface area contributed by atoms with Gasteiger partial charge >= 0.3 is 0 Å². The molecule has 0 aliphatic heterocycles. The van der Waals surface area contributed by atoms with Crippen LogP contribution in [0.15, 0.2) is 29.6 Å². The molecule has 0 saturated heterocycles. The molecule has 0 saturated carbocycles. The maximum Gasteiger partial charge on any atom is 0.253 e. The average molecular weight is 275 g/mol. The van der Waals surface area contributed by atoms with E-state index < -0.39 is 5.41 Å². The van der Waals surface area contributed by atoms with Crippen LogP contribution in [0.1, 0.15) is 31.1 Å². The Balaban J connectivity index is 2.11. The Morgan fingerprint density at radius 2 is 1.89 bits per heavy atom. The standard InChI is InChI=1S/C15H17NO2S/c1-15(2,3)13(17)8-16-14(18)11-9-19-12-7-5-4-6-10(11)12/h4-7,9H,8H2,1-3H3,(H,16,18). The average Bonchev–Trinajstić information content (AvgIpc) is 2.78. The lowest BCUT2D eigenvalue weighted by molar-refractivity contribution is -0.125. The molecular weight excluding hydrogens is 258 g/mol. The Bertz CT molecular complexity index is 622. The molecule has 2 rings (SSSR count). The van der Waals surface area contributed by atoms with E-state index in [2.05, 4.69) is 5.32 Å². The Kier molecular flexibility index (Phi) is 3.71. The van der Waals surface area contributed by atoms with Crippen LogP contribution in [-0.2, 0) is 4.79 Å². The van der Waals surface area contributed by atoms with Crippen LogP contribution in [0.3, 0.4) is 0 Å². The number of carbonyl (C=O) groups excluding carboxylic acids is 2. The molecule has 3 nitrogen and oxygen atoms in total. The lowest BCUT2D eigenvalue weighted by atomic mass is 9.91. The Morgan fingerprint density at radius 1 is 1.21 bits per heavy atom. The van der Waals surface area contributed by atoms with Gasteiger partial charge in [0.05, 0.1) is 12.1 Å². The molecule has 4 heteroatoms. The minimum atomic E-state index is -0.427. The first-order valence-electron chi connectivity index (χ1n) is 6.17. The third kappa shape index (κ3) is 3.01. The number of hydrogen-bond acceptors (Lipinski definition) is 3. The van der Waals surface area contributed by atoms with Crippen molar-refractivity contribution in [2.24, 2.45) is 5.41 Å². The highest BCUT2D eigenvalue weighted by Gasteiger charge is 2.22. The molecular formula is C15H17NO2S. The van der Waals surface area contributed by atoms with Crippen molar-refractivity contribution in [1.29, 1.82) is 0 Å². The highest BCUT2D eigenvalue weighted by Crippen LogP contribution is 2.25. The van der Waals surface area contributed by atoms with Gasteiger partial charge in [-0.25, -0.2) is 0 Å². The van der Waals surface area contributed by atoms with Gasteiger partial charge in [-0.05, 0) is 6.07 Å². The maximum absolute atomic E-state index is 12.1. The Hall–Kier alpha value is -1.68. The fourth-order valence-corrected chi connectivity index (χ4v) is 2.62. The quantitative estimate of drug-likeness (QED) is 0.934. The van der Waals surface area contributed by atoms with E-state index in [0.29, 0.717) is 5.56 Å². The molecule has 0 aliphatic carbocycles. The highest BCUT2D eigenvalue weighted by molar-refractivity contribution is 7.17. The van der Waals surface area contributed by atoms with Crippen LogP contribution >= 0.6 is 11.3 Å². The summed E-state index contributed by atoms with van der Waals surface area (Å²) in [6, 6.07) is 7.76. The molecule has 100 valence electrons. The number of rotatable bonds is 3. The van der Waals surface area contributed by atoms with E-state index in [1.807, 2.05) is 50.4 Å². The number of amides is 1. The number of Topliss-reactive ketones (excluding diaryl/α,β-unsaturated/α-hetero) is 1. The molecule has 1 amide bonds.